The molecule has 0 spiro atoms. The third-order valence-electron chi connectivity index (χ3n) is 3.79. The minimum absolute atomic E-state index is 0.00218. The van der Waals surface area contributed by atoms with Crippen molar-refractivity contribution in [1.29, 1.82) is 0 Å². The molecule has 0 amide bonds. The Morgan fingerprint density at radius 2 is 2.08 bits per heavy atom. The van der Waals surface area contributed by atoms with Crippen molar-refractivity contribution in [3.63, 3.8) is 0 Å². The van der Waals surface area contributed by atoms with E-state index in [-0.39, 0.29) is 35.9 Å². The Morgan fingerprint density at radius 3 is 2.96 bits per heavy atom. The number of hydrogen-bond acceptors (Lipinski definition) is 4. The molecule has 4 rings (SSSR count). The van der Waals surface area contributed by atoms with E-state index >= 15 is 0 Å². The number of fused-ring (bicyclic) bond motifs is 1. The van der Waals surface area contributed by atoms with Crippen LogP contribution in [0.5, 0.6) is 17.2 Å². The molecule has 2 atom stereocenters. The Kier molecular flexibility index (Phi) is 2.59. The lowest BCUT2D eigenvalue weighted by Gasteiger charge is -2.32. The second-order valence-corrected chi connectivity index (χ2v) is 5.40. The van der Waals surface area contributed by atoms with Crippen LogP contribution in [0.1, 0.15) is 27.4 Å². The van der Waals surface area contributed by atoms with Crippen LogP contribution < -0.4 is 19.5 Å². The molecular formula is C19H20FNO3. The van der Waals surface area contributed by atoms with E-state index in [4.69, 9.17) is 23.8 Å². The minimum Gasteiger partial charge on any atom is -0.493 e. The molecule has 1 N–H and O–H groups in total. The Hall–Kier alpha value is -2.27. The van der Waals surface area contributed by atoms with E-state index in [1.807, 2.05) is 0 Å². The van der Waals surface area contributed by atoms with Gasteiger partial charge in [-0.25, -0.2) is 4.39 Å². The topological polar surface area (TPSA) is 39.7 Å². The van der Waals surface area contributed by atoms with Crippen molar-refractivity contribution in [3.05, 3.63) is 53.8 Å². The number of benzene rings is 2. The van der Waals surface area contributed by atoms with E-state index < -0.39 is 37.3 Å². The fourth-order valence-corrected chi connectivity index (χ4v) is 2.60. The lowest BCUT2D eigenvalue weighted by molar-refractivity contribution is 0.173. The average Bonchev–Trinajstić information content (AvgIpc) is 2.97. The van der Waals surface area contributed by atoms with Crippen LogP contribution in [0.4, 0.5) is 4.39 Å². The molecule has 2 aliphatic heterocycles. The molecule has 1 saturated heterocycles. The zero-order valence-corrected chi connectivity index (χ0v) is 12.6. The Labute approximate surface area is 150 Å². The SMILES string of the molecule is [2H]C1([2H])Oc2ccc(OC([2H])([2H])[C@@H]3CNCC([2H])([2H])C3([2H])c3ccc(F)cc3)cc2O1. The van der Waals surface area contributed by atoms with E-state index in [9.17, 15) is 4.39 Å². The summed E-state index contributed by atoms with van der Waals surface area (Å²) in [6, 6.07) is 8.82. The van der Waals surface area contributed by atoms with Gasteiger partial charge in [0.1, 0.15) is 14.3 Å². The van der Waals surface area contributed by atoms with Crippen LogP contribution >= 0.6 is 0 Å². The van der Waals surface area contributed by atoms with Gasteiger partial charge in [-0.2, -0.15) is 0 Å². The van der Waals surface area contributed by atoms with E-state index in [1.54, 1.807) is 0 Å². The first kappa shape index (κ1) is 9.28. The molecule has 126 valence electrons. The quantitative estimate of drug-likeness (QED) is 0.930. The molecule has 0 bridgehead atoms. The summed E-state index contributed by atoms with van der Waals surface area (Å²) in [4.78, 5) is 0. The second kappa shape index (κ2) is 6.69. The summed E-state index contributed by atoms with van der Waals surface area (Å²) in [6.45, 7) is -5.11. The molecule has 0 aromatic heterocycles. The predicted octanol–water partition coefficient (Wildman–Crippen LogP) is 3.33. The molecule has 5 heteroatoms. The molecule has 2 aliphatic rings. The van der Waals surface area contributed by atoms with E-state index in [2.05, 4.69) is 5.32 Å². The first-order valence-corrected chi connectivity index (χ1v) is 7.52. The van der Waals surface area contributed by atoms with Crippen molar-refractivity contribution in [2.75, 3.05) is 26.4 Å². The number of rotatable bonds is 4. The lowest BCUT2D eigenvalue weighted by atomic mass is 9.81. The van der Waals surface area contributed by atoms with Gasteiger partial charge in [-0.05, 0) is 48.6 Å². The molecule has 2 aromatic rings. The fraction of sp³-hybridized carbons (Fsp3) is 0.368. The van der Waals surface area contributed by atoms with Gasteiger partial charge in [-0.3, -0.25) is 0 Å². The summed E-state index contributed by atoms with van der Waals surface area (Å²) in [5.41, 5.74) is 0.136. The number of ether oxygens (including phenoxy) is 3. The molecule has 24 heavy (non-hydrogen) atoms. The Morgan fingerprint density at radius 1 is 1.25 bits per heavy atom. The standard InChI is InChI=1S/C19H20FNO3/c20-15-3-1-13(2-4-15)17-7-8-21-10-14(17)11-22-16-5-6-18-19(9-16)24-12-23-18/h1-6,9,14,17,21H,7-8,10-12H2/t14-,17?/m0/s1/i7D2,11D2,12D2,17D. The van der Waals surface area contributed by atoms with Crippen molar-refractivity contribution < 1.29 is 28.2 Å². The summed E-state index contributed by atoms with van der Waals surface area (Å²) in [7, 11) is 0. The molecule has 0 aliphatic carbocycles. The van der Waals surface area contributed by atoms with E-state index in [0.29, 0.717) is 0 Å². The highest BCUT2D eigenvalue weighted by molar-refractivity contribution is 5.46. The number of hydrogen-bond donors (Lipinski definition) is 1. The molecule has 2 aromatic carbocycles. The third kappa shape index (κ3) is 3.17. The summed E-state index contributed by atoms with van der Waals surface area (Å²) in [5.74, 6) is -3.77. The molecule has 2 heterocycles. The lowest BCUT2D eigenvalue weighted by Crippen LogP contribution is -2.38. The van der Waals surface area contributed by atoms with Gasteiger partial charge in [0.15, 0.2) is 11.5 Å². The highest BCUT2D eigenvalue weighted by atomic mass is 19.1. The summed E-state index contributed by atoms with van der Waals surface area (Å²) >= 11 is 0. The van der Waals surface area contributed by atoms with Crippen LogP contribution in [0, 0.1) is 11.7 Å². The zero-order chi connectivity index (χ0) is 22.7. The van der Waals surface area contributed by atoms with Crippen LogP contribution in [0.25, 0.3) is 0 Å². The van der Waals surface area contributed by atoms with Gasteiger partial charge in [0.05, 0.1) is 9.30 Å². The average molecular weight is 336 g/mol. The Bertz CT molecular complexity index is 989. The summed E-state index contributed by atoms with van der Waals surface area (Å²) < 4.78 is 87.0. The second-order valence-electron chi connectivity index (χ2n) is 5.40. The van der Waals surface area contributed by atoms with Crippen molar-refractivity contribution in [2.24, 2.45) is 5.92 Å². The highest BCUT2D eigenvalue weighted by Crippen LogP contribution is 2.36. The van der Waals surface area contributed by atoms with Crippen LogP contribution in [-0.4, -0.2) is 26.4 Å². The number of piperidine rings is 1. The molecule has 4 nitrogen and oxygen atoms in total. The largest absolute Gasteiger partial charge is 0.493 e. The Balaban J connectivity index is 1.68. The van der Waals surface area contributed by atoms with E-state index in [1.165, 1.54) is 30.3 Å². The van der Waals surface area contributed by atoms with Crippen molar-refractivity contribution in [2.45, 2.75) is 12.3 Å². The van der Waals surface area contributed by atoms with Crippen LogP contribution in [0.2, 0.25) is 0 Å². The maximum Gasteiger partial charge on any atom is 0.231 e. The first-order valence-electron chi connectivity index (χ1n) is 11.0. The van der Waals surface area contributed by atoms with Gasteiger partial charge >= 0.3 is 0 Å². The highest BCUT2D eigenvalue weighted by Gasteiger charge is 2.27. The van der Waals surface area contributed by atoms with Gasteiger partial charge in [0.2, 0.25) is 6.75 Å². The van der Waals surface area contributed by atoms with E-state index in [0.717, 1.165) is 12.1 Å². The first-order chi connectivity index (χ1) is 14.3. The molecule has 0 radical (unpaired) electrons. The normalized spacial score (nSPS) is 34.5. The van der Waals surface area contributed by atoms with Crippen molar-refractivity contribution in [1.82, 2.24) is 5.32 Å². The van der Waals surface area contributed by atoms with Crippen LogP contribution in [0.15, 0.2) is 42.5 Å². The van der Waals surface area contributed by atoms with Gasteiger partial charge in [0.25, 0.3) is 0 Å². The van der Waals surface area contributed by atoms with Gasteiger partial charge < -0.3 is 19.5 Å². The van der Waals surface area contributed by atoms with Gasteiger partial charge in [-0.15, -0.1) is 0 Å². The predicted molar refractivity (Wildman–Crippen MR) is 88.2 cm³/mol. The van der Waals surface area contributed by atoms with Gasteiger partial charge in [0, 0.05) is 22.6 Å². The minimum atomic E-state index is -2.52. The number of halogens is 1. The summed E-state index contributed by atoms with van der Waals surface area (Å²) in [6.07, 6.45) is -2.19. The summed E-state index contributed by atoms with van der Waals surface area (Å²) in [5, 5.41) is 2.82. The fourth-order valence-electron chi connectivity index (χ4n) is 2.60. The smallest absolute Gasteiger partial charge is 0.231 e. The zero-order valence-electron chi connectivity index (χ0n) is 19.6. The van der Waals surface area contributed by atoms with Gasteiger partial charge in [-0.1, -0.05) is 12.1 Å². The molecular weight excluding hydrogens is 309 g/mol. The number of nitrogens with one attached hydrogen (secondary N) is 1. The molecule has 1 fully saturated rings. The monoisotopic (exact) mass is 336 g/mol. The third-order valence-corrected chi connectivity index (χ3v) is 3.79. The van der Waals surface area contributed by atoms with Crippen molar-refractivity contribution >= 4 is 0 Å². The van der Waals surface area contributed by atoms with Crippen molar-refractivity contribution in [3.8, 4) is 17.2 Å². The molecule has 0 saturated carbocycles. The molecule has 1 unspecified atom stereocenters. The van der Waals surface area contributed by atoms with Crippen LogP contribution in [-0.2, 0) is 0 Å². The van der Waals surface area contributed by atoms with Crippen LogP contribution in [0.3, 0.4) is 0 Å². The maximum atomic E-state index is 13.4. The maximum absolute atomic E-state index is 13.4.